The second-order valence-electron chi connectivity index (χ2n) is 1.50. The average Bonchev–Trinajstić information content (AvgIpc) is 2.31. The molecule has 0 fully saturated rings. The zero-order chi connectivity index (χ0) is 18.0. The number of alkyl halides is 8. The number of carbonyl (C=O) groups is 1. The molecular formula is C6H6F6I4O4. The zero-order valence-electron chi connectivity index (χ0n) is 9.41. The van der Waals surface area contributed by atoms with Crippen molar-refractivity contribution in [2.24, 2.45) is 0 Å². The molecule has 124 valence electrons. The van der Waals surface area contributed by atoms with Gasteiger partial charge in [-0.3, -0.25) is 0 Å². The number of hydrogen-bond donors (Lipinski definition) is 0. The van der Waals surface area contributed by atoms with Crippen LogP contribution in [0.2, 0.25) is 0 Å². The Morgan fingerprint density at radius 2 is 1.15 bits per heavy atom. The van der Waals surface area contributed by atoms with Crippen molar-refractivity contribution in [3.05, 3.63) is 0 Å². The second kappa shape index (κ2) is 22.6. The van der Waals surface area contributed by atoms with Crippen LogP contribution in [0.3, 0.4) is 0 Å². The Bertz CT molecular complexity index is 233. The molecule has 0 amide bonds. The van der Waals surface area contributed by atoms with Crippen LogP contribution in [0.1, 0.15) is 0 Å². The smallest absolute Gasteiger partial charge is 0.462 e. The van der Waals surface area contributed by atoms with E-state index in [1.807, 2.05) is 4.93 Å². The topological polar surface area (TPSA) is 60.4 Å². The summed E-state index contributed by atoms with van der Waals surface area (Å²) >= 11 is 6.77. The van der Waals surface area contributed by atoms with Gasteiger partial charge in [-0.25, -0.2) is 4.79 Å². The van der Waals surface area contributed by atoms with E-state index in [1.54, 1.807) is 0 Å². The van der Waals surface area contributed by atoms with E-state index in [4.69, 9.17) is 9.59 Å². The van der Waals surface area contributed by atoms with Gasteiger partial charge >= 0.3 is 22.5 Å². The van der Waals surface area contributed by atoms with E-state index >= 15 is 0 Å². The molecule has 0 atom stereocenters. The van der Waals surface area contributed by atoms with Crippen LogP contribution in [-0.2, 0) is 19.1 Å². The number of halogens is 10. The Kier molecular flexibility index (Phi) is 37.4. The number of carbonyl (C=O) groups excluding carboxylic acids is 3. The summed E-state index contributed by atoms with van der Waals surface area (Å²) in [5, 5.41) is 0. The van der Waals surface area contributed by atoms with Gasteiger partial charge in [0.25, 0.3) is 0 Å². The molecule has 0 saturated carbocycles. The van der Waals surface area contributed by atoms with E-state index < -0.39 is 16.3 Å². The number of esters is 1. The summed E-state index contributed by atoms with van der Waals surface area (Å²) in [6.07, 6.45) is -4.60. The molecule has 0 aromatic rings. The molecule has 0 saturated heterocycles. The van der Waals surface area contributed by atoms with E-state index in [0.29, 0.717) is 29.7 Å². The van der Waals surface area contributed by atoms with Gasteiger partial charge in [0.1, 0.15) is 0 Å². The maximum Gasteiger partial charge on any atom is 0.490 e. The fourth-order valence-electron chi connectivity index (χ4n) is 0.116. The Hall–Kier alpha value is 1.35. The van der Waals surface area contributed by atoms with Crippen LogP contribution in [0.4, 0.5) is 26.3 Å². The first kappa shape index (κ1) is 33.1. The Balaban J connectivity index is -0.0000000539. The molecule has 0 aromatic heterocycles. The van der Waals surface area contributed by atoms with Gasteiger partial charge in [0.15, 0.2) is 0 Å². The van der Waals surface area contributed by atoms with Crippen LogP contribution in [0, 0.1) is 0 Å². The summed E-state index contributed by atoms with van der Waals surface area (Å²) in [4.78, 5) is 27.7. The van der Waals surface area contributed by atoms with Crippen LogP contribution < -0.4 is 0 Å². The van der Waals surface area contributed by atoms with Crippen molar-refractivity contribution in [1.29, 1.82) is 0 Å². The third-order valence-corrected chi connectivity index (χ3v) is 0.417. The molecule has 0 N–H and O–H groups in total. The van der Waals surface area contributed by atoms with Gasteiger partial charge in [-0.2, -0.15) is 35.9 Å². The molecule has 0 aromatic carbocycles. The van der Waals surface area contributed by atoms with E-state index in [1.165, 1.54) is 0 Å². The largest absolute Gasteiger partial charge is 0.490 e. The van der Waals surface area contributed by atoms with Gasteiger partial charge in [-0.15, -0.1) is 0 Å². The summed E-state index contributed by atoms with van der Waals surface area (Å²) in [6, 6.07) is 0. The SMILES string of the molecule is CI.COC(=O)C(F)(F)F.FC(F)(F)I.II.O=C=O. The standard InChI is InChI=1S/C3H3F3O2.CF3I.CH3I.CO2.I2/c1-8-2(7)3(4,5)6;2-1(3,4)5;1-2;2-1-3;1-2/h1H3;;1H3;;. The van der Waals surface area contributed by atoms with E-state index in [0.717, 1.165) is 0 Å². The summed E-state index contributed by atoms with van der Waals surface area (Å²) < 4.78 is 63.3. The molecule has 0 aliphatic rings. The molecule has 0 spiro atoms. The quantitative estimate of drug-likeness (QED) is 0.153. The number of hydrogen-bond acceptors (Lipinski definition) is 4. The fourth-order valence-corrected chi connectivity index (χ4v) is 0.116. The summed E-state index contributed by atoms with van der Waals surface area (Å²) in [5.74, 6) is -2.17. The minimum absolute atomic E-state index is 0.250. The monoisotopic (exact) mass is 764 g/mol. The highest BCUT2D eigenvalue weighted by Gasteiger charge is 2.39. The van der Waals surface area contributed by atoms with E-state index in [2.05, 4.69) is 64.6 Å². The first-order valence-electron chi connectivity index (χ1n) is 3.32. The lowest BCUT2D eigenvalue weighted by atomic mass is 10.7. The van der Waals surface area contributed by atoms with Crippen molar-refractivity contribution < 1.29 is 45.5 Å². The number of methoxy groups -OCH3 is 1. The van der Waals surface area contributed by atoms with Crippen LogP contribution in [0.15, 0.2) is 0 Å². The molecule has 0 radical (unpaired) electrons. The number of rotatable bonds is 0. The highest BCUT2D eigenvalue weighted by molar-refractivity contribution is 15.0. The van der Waals surface area contributed by atoms with E-state index in [9.17, 15) is 31.1 Å². The van der Waals surface area contributed by atoms with Crippen LogP contribution in [-0.4, -0.2) is 34.5 Å². The summed E-state index contributed by atoms with van der Waals surface area (Å²) in [6.45, 7) is 0. The maximum absolute atomic E-state index is 11.0. The van der Waals surface area contributed by atoms with Crippen molar-refractivity contribution in [1.82, 2.24) is 0 Å². The van der Waals surface area contributed by atoms with Crippen molar-refractivity contribution in [2.75, 3.05) is 12.0 Å². The van der Waals surface area contributed by atoms with E-state index in [-0.39, 0.29) is 6.15 Å². The fraction of sp³-hybridized carbons (Fsp3) is 0.667. The molecule has 14 heteroatoms. The molecule has 4 nitrogen and oxygen atoms in total. The molecular weight excluding hydrogens is 758 g/mol. The van der Waals surface area contributed by atoms with Crippen LogP contribution in [0.5, 0.6) is 0 Å². The van der Waals surface area contributed by atoms with Crippen LogP contribution >= 0.6 is 82.4 Å². The zero-order valence-corrected chi connectivity index (χ0v) is 18.0. The van der Waals surface area contributed by atoms with Gasteiger partial charge in [0.05, 0.1) is 7.11 Å². The number of ether oxygens (including phenoxy) is 1. The lowest BCUT2D eigenvalue weighted by Crippen LogP contribution is -2.23. The summed E-state index contributed by atoms with van der Waals surface area (Å²) in [7, 11) is 0.676. The predicted octanol–water partition coefficient (Wildman–Crippen LogP) is 4.90. The van der Waals surface area contributed by atoms with Crippen molar-refractivity contribution in [3.63, 3.8) is 0 Å². The normalized spacial score (nSPS) is 8.40. The average molecular weight is 764 g/mol. The minimum atomic E-state index is -4.85. The molecule has 0 rings (SSSR count). The Labute approximate surface area is 160 Å². The lowest BCUT2D eigenvalue weighted by Gasteiger charge is -1.99. The molecule has 0 aliphatic carbocycles. The van der Waals surface area contributed by atoms with Gasteiger partial charge in [-0.05, 0) is 4.93 Å². The molecule has 0 heterocycles. The Morgan fingerprint density at radius 1 is 1.00 bits per heavy atom. The third-order valence-electron chi connectivity index (χ3n) is 0.417. The minimum Gasteiger partial charge on any atom is -0.462 e. The van der Waals surface area contributed by atoms with Crippen molar-refractivity contribution in [2.45, 2.75) is 10.4 Å². The summed E-state index contributed by atoms with van der Waals surface area (Å²) in [5.41, 5.74) is 0. The first-order chi connectivity index (χ1) is 8.90. The first-order valence-corrected chi connectivity index (χ1v) is 12.8. The highest BCUT2D eigenvalue weighted by atomic mass is 128. The lowest BCUT2D eigenvalue weighted by molar-refractivity contribution is -0.196. The molecule has 0 aliphatic heterocycles. The maximum atomic E-state index is 11.0. The molecule has 0 bridgehead atoms. The molecule has 0 unspecified atom stereocenters. The van der Waals surface area contributed by atoms with Crippen molar-refractivity contribution in [3.8, 4) is 0 Å². The highest BCUT2D eigenvalue weighted by Crippen LogP contribution is 2.22. The predicted molar refractivity (Wildman–Crippen MR) is 91.1 cm³/mol. The second-order valence-corrected chi connectivity index (χ2v) is 2.72. The van der Waals surface area contributed by atoms with Crippen molar-refractivity contribution >= 4 is 94.5 Å². The molecule has 20 heavy (non-hydrogen) atoms. The van der Waals surface area contributed by atoms with Gasteiger partial charge in [0.2, 0.25) is 0 Å². The van der Waals surface area contributed by atoms with Gasteiger partial charge in [-0.1, -0.05) is 22.6 Å². The third kappa shape index (κ3) is 74.5. The van der Waals surface area contributed by atoms with Crippen LogP contribution in [0.25, 0.3) is 0 Å². The Morgan fingerprint density at radius 3 is 1.15 bits per heavy atom. The van der Waals surface area contributed by atoms with Gasteiger partial charge in [0, 0.05) is 59.8 Å². The van der Waals surface area contributed by atoms with Gasteiger partial charge < -0.3 is 4.74 Å².